The van der Waals surface area contributed by atoms with Crippen LogP contribution < -0.4 is 9.88 Å². The van der Waals surface area contributed by atoms with Gasteiger partial charge in [0.15, 0.2) is 11.0 Å². The third-order valence-electron chi connectivity index (χ3n) is 8.19. The molecule has 0 spiro atoms. The van der Waals surface area contributed by atoms with Crippen molar-refractivity contribution in [1.29, 1.82) is 0 Å². The number of aliphatic hydroxyl groups is 10. The van der Waals surface area contributed by atoms with Gasteiger partial charge in [-0.1, -0.05) is 0 Å². The van der Waals surface area contributed by atoms with Gasteiger partial charge in [-0.3, -0.25) is 9.69 Å². The number of nitrogens with zero attached hydrogens (tertiary/aromatic N) is 3. The van der Waals surface area contributed by atoms with Gasteiger partial charge in [-0.25, -0.2) is 9.13 Å². The first-order chi connectivity index (χ1) is 23.9. The maximum atomic E-state index is 12.6. The maximum absolute atomic E-state index is 12.6. The Labute approximate surface area is 291 Å². The van der Waals surface area contributed by atoms with E-state index in [0.29, 0.717) is 12.1 Å². The van der Waals surface area contributed by atoms with E-state index >= 15 is 0 Å². The van der Waals surface area contributed by atoms with E-state index in [1.807, 2.05) is 18.5 Å². The molecule has 288 valence electrons. The van der Waals surface area contributed by atoms with Crippen molar-refractivity contribution in [3.63, 3.8) is 0 Å². The number of rotatable bonds is 27. The SMILES string of the molecule is CCn1c[n+](CC)c2ccc(C(=O)NCCOCCOCCOCCN(C[C@H](O)[C@@H](O)[C@H](O)[C@H](O)CO)C[C@H](O)[C@@H](O)[C@H](O)[C@H](O)CO)cc21. The average molecular weight is 722 g/mol. The number of aryl methyl sites for hydroxylation is 2. The molecule has 2 rings (SSSR count). The smallest absolute Gasteiger partial charge is 0.251 e. The average Bonchev–Trinajstić information content (AvgIpc) is 3.50. The Balaban J connectivity index is 1.69. The summed E-state index contributed by atoms with van der Waals surface area (Å²) in [5.74, 6) is -0.193. The maximum Gasteiger partial charge on any atom is 0.251 e. The molecule has 1 aromatic heterocycles. The van der Waals surface area contributed by atoms with Gasteiger partial charge in [-0.05, 0) is 26.0 Å². The highest BCUT2D eigenvalue weighted by molar-refractivity contribution is 5.97. The van der Waals surface area contributed by atoms with Gasteiger partial charge in [-0.15, -0.1) is 0 Å². The van der Waals surface area contributed by atoms with Crippen molar-refractivity contribution in [3.05, 3.63) is 30.1 Å². The Kier molecular flexibility index (Phi) is 20.3. The number of imidazole rings is 1. The lowest BCUT2D eigenvalue weighted by Gasteiger charge is -2.33. The van der Waals surface area contributed by atoms with Crippen LogP contribution in [0.5, 0.6) is 0 Å². The van der Waals surface area contributed by atoms with Crippen LogP contribution in [-0.2, 0) is 27.3 Å². The quantitative estimate of drug-likeness (QED) is 0.0304. The summed E-state index contributed by atoms with van der Waals surface area (Å²) < 4.78 is 20.7. The topological polar surface area (TPSA) is 271 Å². The van der Waals surface area contributed by atoms with Crippen LogP contribution in [0.25, 0.3) is 11.0 Å². The summed E-state index contributed by atoms with van der Waals surface area (Å²) in [4.78, 5) is 14.0. The molecule has 0 aliphatic heterocycles. The van der Waals surface area contributed by atoms with Gasteiger partial charge in [0.05, 0.1) is 78.2 Å². The highest BCUT2D eigenvalue weighted by Gasteiger charge is 2.34. The summed E-state index contributed by atoms with van der Waals surface area (Å²) in [5.41, 5.74) is 2.63. The first-order valence-electron chi connectivity index (χ1n) is 16.8. The molecule has 0 radical (unpaired) electrons. The monoisotopic (exact) mass is 721 g/mol. The molecular weight excluding hydrogens is 664 g/mol. The molecule has 0 saturated heterocycles. The van der Waals surface area contributed by atoms with Crippen LogP contribution in [0.3, 0.4) is 0 Å². The van der Waals surface area contributed by atoms with Crippen LogP contribution in [0.15, 0.2) is 24.5 Å². The lowest BCUT2D eigenvalue weighted by Crippen LogP contribution is -2.53. The second-order valence-corrected chi connectivity index (χ2v) is 11.8. The van der Waals surface area contributed by atoms with Crippen LogP contribution in [0.4, 0.5) is 0 Å². The van der Waals surface area contributed by atoms with Crippen molar-refractivity contribution in [1.82, 2.24) is 14.8 Å². The molecule has 0 unspecified atom stereocenters. The van der Waals surface area contributed by atoms with Crippen molar-refractivity contribution < 1.29 is 74.6 Å². The second-order valence-electron chi connectivity index (χ2n) is 11.8. The number of carbonyl (C=O) groups is 1. The summed E-state index contributed by atoms with van der Waals surface area (Å²) in [6.07, 6.45) is -12.2. The summed E-state index contributed by atoms with van der Waals surface area (Å²) in [6, 6.07) is 5.63. The molecule has 0 aliphatic rings. The van der Waals surface area contributed by atoms with Crippen LogP contribution in [0, 0.1) is 0 Å². The lowest BCUT2D eigenvalue weighted by atomic mass is 10.0. The first-order valence-corrected chi connectivity index (χ1v) is 16.8. The van der Waals surface area contributed by atoms with E-state index in [9.17, 15) is 45.6 Å². The third kappa shape index (κ3) is 13.6. The fourth-order valence-electron chi connectivity index (χ4n) is 5.14. The van der Waals surface area contributed by atoms with E-state index in [4.69, 9.17) is 24.4 Å². The van der Waals surface area contributed by atoms with Gasteiger partial charge >= 0.3 is 0 Å². The van der Waals surface area contributed by atoms with Crippen LogP contribution in [0.2, 0.25) is 0 Å². The molecule has 0 aliphatic carbocycles. The number of hydrogen-bond donors (Lipinski definition) is 11. The predicted octanol–water partition coefficient (Wildman–Crippen LogP) is -5.08. The van der Waals surface area contributed by atoms with E-state index < -0.39 is 75.1 Å². The largest absolute Gasteiger partial charge is 0.394 e. The van der Waals surface area contributed by atoms with Gasteiger partial charge in [0.2, 0.25) is 6.33 Å². The van der Waals surface area contributed by atoms with Gasteiger partial charge in [0.1, 0.15) is 36.6 Å². The molecular formula is C32H57N4O14+. The number of aliphatic hydroxyl groups excluding tert-OH is 10. The van der Waals surface area contributed by atoms with E-state index in [0.717, 1.165) is 24.1 Å². The van der Waals surface area contributed by atoms with Crippen molar-refractivity contribution >= 4 is 16.9 Å². The molecule has 50 heavy (non-hydrogen) atoms. The molecule has 1 heterocycles. The fourth-order valence-corrected chi connectivity index (χ4v) is 5.14. The molecule has 2 aromatic rings. The number of hydrogen-bond acceptors (Lipinski definition) is 15. The number of benzene rings is 1. The normalized spacial score (nSPS) is 17.0. The van der Waals surface area contributed by atoms with Gasteiger partial charge in [0.25, 0.3) is 5.91 Å². The van der Waals surface area contributed by atoms with Gasteiger partial charge in [0, 0.05) is 37.8 Å². The van der Waals surface area contributed by atoms with Crippen molar-refractivity contribution in [2.24, 2.45) is 0 Å². The molecule has 18 nitrogen and oxygen atoms in total. The molecule has 8 atom stereocenters. The van der Waals surface area contributed by atoms with Crippen molar-refractivity contribution in [2.45, 2.75) is 75.8 Å². The molecule has 11 N–H and O–H groups in total. The number of fused-ring (bicyclic) bond motifs is 1. The molecule has 1 amide bonds. The standard InChI is InChI=1S/C32H56N4O14/c1-3-35-20-36(4-2)23-15-21(5-6-22(23)35)32(47)33-7-9-48-11-13-50-14-12-49-10-8-34(16-24(39)28(43)30(45)26(41)18-37)17-25(40)29(44)31(46)27(42)19-38/h5-6,15,20,24-31,37-46H,3-4,7-14,16-19H2,1-2H3/p+1/t24-,25-,26+,27+,28+,29+,30+,31+/m0/s1. The zero-order valence-electron chi connectivity index (χ0n) is 28.8. The second kappa shape index (κ2) is 23.2. The van der Waals surface area contributed by atoms with Crippen LogP contribution in [0.1, 0.15) is 24.2 Å². The summed E-state index contributed by atoms with van der Waals surface area (Å²) in [6.45, 7) is 4.82. The number of ether oxygens (including phenoxy) is 3. The van der Waals surface area contributed by atoms with Crippen molar-refractivity contribution in [3.8, 4) is 0 Å². The number of aromatic nitrogens is 2. The zero-order chi connectivity index (χ0) is 37.2. The number of carbonyl (C=O) groups excluding carboxylic acids is 1. The molecule has 1 aromatic carbocycles. The van der Waals surface area contributed by atoms with E-state index in [2.05, 4.69) is 28.3 Å². The Morgan fingerprint density at radius 2 is 1.26 bits per heavy atom. The van der Waals surface area contributed by atoms with Crippen LogP contribution in [-0.4, -0.2) is 194 Å². The number of amides is 1. The van der Waals surface area contributed by atoms with Crippen molar-refractivity contribution in [2.75, 3.05) is 79.0 Å². The Morgan fingerprint density at radius 1 is 0.760 bits per heavy atom. The summed E-state index contributed by atoms with van der Waals surface area (Å²) in [7, 11) is 0. The minimum Gasteiger partial charge on any atom is -0.394 e. The van der Waals surface area contributed by atoms with E-state index in [-0.39, 0.29) is 52.1 Å². The third-order valence-corrected chi connectivity index (χ3v) is 8.19. The predicted molar refractivity (Wildman–Crippen MR) is 177 cm³/mol. The highest BCUT2D eigenvalue weighted by Crippen LogP contribution is 2.15. The van der Waals surface area contributed by atoms with Gasteiger partial charge in [-0.2, -0.15) is 0 Å². The van der Waals surface area contributed by atoms with E-state index in [1.165, 1.54) is 4.90 Å². The molecule has 0 fully saturated rings. The summed E-state index contributed by atoms with van der Waals surface area (Å²) in [5, 5.41) is 101. The summed E-state index contributed by atoms with van der Waals surface area (Å²) >= 11 is 0. The first kappa shape index (κ1) is 43.8. The molecule has 0 bridgehead atoms. The lowest BCUT2D eigenvalue weighted by molar-refractivity contribution is -0.668. The molecule has 18 heteroatoms. The number of nitrogens with one attached hydrogen (secondary N) is 1. The zero-order valence-corrected chi connectivity index (χ0v) is 28.8. The minimum atomic E-state index is -1.88. The minimum absolute atomic E-state index is 0.0254. The Bertz CT molecular complexity index is 1210. The highest BCUT2D eigenvalue weighted by atomic mass is 16.5. The van der Waals surface area contributed by atoms with Crippen LogP contribution >= 0.6 is 0 Å². The Hall–Kier alpha value is -2.40. The van der Waals surface area contributed by atoms with E-state index in [1.54, 1.807) is 6.07 Å². The van der Waals surface area contributed by atoms with Gasteiger partial charge < -0.3 is 70.6 Å². The Morgan fingerprint density at radius 3 is 1.76 bits per heavy atom. The fraction of sp³-hybridized carbons (Fsp3) is 0.750. The molecule has 0 saturated carbocycles.